The van der Waals surface area contributed by atoms with Crippen LogP contribution < -0.4 is 4.74 Å². The Morgan fingerprint density at radius 2 is 1.75 bits per heavy atom. The normalized spacial score (nSPS) is 11.0. The molecule has 0 fully saturated rings. The fraction of sp³-hybridized carbons (Fsp3) is 0.167. The molecule has 0 spiro atoms. The molecule has 0 unspecified atom stereocenters. The maximum absolute atomic E-state index is 5.89. The van der Waals surface area contributed by atoms with Gasteiger partial charge in [-0.25, -0.2) is 9.97 Å². The van der Waals surface area contributed by atoms with E-state index in [1.807, 2.05) is 55.6 Å². The molecule has 0 atom stereocenters. The van der Waals surface area contributed by atoms with Gasteiger partial charge in [0, 0.05) is 7.05 Å². The summed E-state index contributed by atoms with van der Waals surface area (Å²) < 4.78 is 9.79. The molecule has 6 heteroatoms. The molecule has 2 heterocycles. The van der Waals surface area contributed by atoms with E-state index in [1.54, 1.807) is 11.0 Å². The Hall–Kier alpha value is -3.15. The summed E-state index contributed by atoms with van der Waals surface area (Å²) in [6.45, 7) is 1.00. The largest absolute Gasteiger partial charge is 0.486 e. The average molecular weight is 319 g/mol. The predicted octanol–water partition coefficient (Wildman–Crippen LogP) is 2.79. The number of benzene rings is 2. The molecular formula is C18H17N5O. The Morgan fingerprint density at radius 1 is 0.958 bits per heavy atom. The van der Waals surface area contributed by atoms with Crippen LogP contribution in [0.1, 0.15) is 11.6 Å². The summed E-state index contributed by atoms with van der Waals surface area (Å²) >= 11 is 0. The van der Waals surface area contributed by atoms with Gasteiger partial charge in [-0.05, 0) is 24.3 Å². The molecule has 24 heavy (non-hydrogen) atoms. The summed E-state index contributed by atoms with van der Waals surface area (Å²) in [4.78, 5) is 9.04. The minimum absolute atomic E-state index is 0.399. The monoisotopic (exact) mass is 319 g/mol. The highest BCUT2D eigenvalue weighted by Gasteiger charge is 2.13. The summed E-state index contributed by atoms with van der Waals surface area (Å²) in [5.74, 6) is 2.57. The Kier molecular flexibility index (Phi) is 3.70. The lowest BCUT2D eigenvalue weighted by atomic mass is 10.3. The van der Waals surface area contributed by atoms with E-state index in [2.05, 4.69) is 20.7 Å². The molecule has 2 aromatic heterocycles. The van der Waals surface area contributed by atoms with E-state index in [9.17, 15) is 0 Å². The maximum atomic E-state index is 5.89. The van der Waals surface area contributed by atoms with Crippen molar-refractivity contribution in [2.45, 2.75) is 13.2 Å². The molecule has 0 radical (unpaired) electrons. The quantitative estimate of drug-likeness (QED) is 0.567. The number of nitrogens with zero attached hydrogens (tertiary/aromatic N) is 5. The Morgan fingerprint density at radius 3 is 2.54 bits per heavy atom. The Labute approximate surface area is 139 Å². The second kappa shape index (κ2) is 6.16. The van der Waals surface area contributed by atoms with Crippen LogP contribution >= 0.6 is 0 Å². The summed E-state index contributed by atoms with van der Waals surface area (Å²) in [5, 5.41) is 4.14. The number of aryl methyl sites for hydroxylation is 1. The summed E-state index contributed by atoms with van der Waals surface area (Å²) in [7, 11) is 1.89. The molecule has 0 amide bonds. The number of fused-ring (bicyclic) bond motifs is 1. The van der Waals surface area contributed by atoms with Crippen molar-refractivity contribution >= 4 is 11.0 Å². The van der Waals surface area contributed by atoms with E-state index in [0.717, 1.165) is 28.4 Å². The Bertz CT molecular complexity index is 958. The van der Waals surface area contributed by atoms with E-state index < -0.39 is 0 Å². The van der Waals surface area contributed by atoms with Gasteiger partial charge < -0.3 is 9.30 Å². The third kappa shape index (κ3) is 2.74. The highest BCUT2D eigenvalue weighted by molar-refractivity contribution is 5.76. The van der Waals surface area contributed by atoms with E-state index in [0.29, 0.717) is 13.2 Å². The fourth-order valence-electron chi connectivity index (χ4n) is 2.68. The third-order valence-corrected chi connectivity index (χ3v) is 3.95. The van der Waals surface area contributed by atoms with Gasteiger partial charge in [-0.1, -0.05) is 30.3 Å². The van der Waals surface area contributed by atoms with Crippen molar-refractivity contribution in [1.82, 2.24) is 24.3 Å². The van der Waals surface area contributed by atoms with Gasteiger partial charge in [-0.3, -0.25) is 4.68 Å². The zero-order valence-electron chi connectivity index (χ0n) is 13.3. The minimum Gasteiger partial charge on any atom is -0.486 e. The lowest BCUT2D eigenvalue weighted by molar-refractivity contribution is 0.291. The second-order valence-electron chi connectivity index (χ2n) is 5.50. The van der Waals surface area contributed by atoms with Crippen molar-refractivity contribution in [3.63, 3.8) is 0 Å². The molecule has 0 N–H and O–H groups in total. The number of imidazole rings is 1. The highest BCUT2D eigenvalue weighted by Crippen LogP contribution is 2.19. The number of aromatic nitrogens is 5. The van der Waals surface area contributed by atoms with E-state index in [1.165, 1.54) is 0 Å². The molecule has 0 saturated carbocycles. The first-order valence-electron chi connectivity index (χ1n) is 7.76. The van der Waals surface area contributed by atoms with Crippen molar-refractivity contribution in [3.8, 4) is 5.75 Å². The molecule has 4 rings (SSSR count). The first kappa shape index (κ1) is 14.4. The van der Waals surface area contributed by atoms with Crippen LogP contribution in [0.25, 0.3) is 11.0 Å². The van der Waals surface area contributed by atoms with E-state index in [4.69, 9.17) is 9.72 Å². The van der Waals surface area contributed by atoms with Crippen molar-refractivity contribution in [2.24, 2.45) is 7.05 Å². The average Bonchev–Trinajstić information content (AvgIpc) is 3.18. The van der Waals surface area contributed by atoms with Gasteiger partial charge >= 0.3 is 0 Å². The molecule has 0 aliphatic heterocycles. The smallest absolute Gasteiger partial charge is 0.148 e. The topological polar surface area (TPSA) is 57.8 Å². The van der Waals surface area contributed by atoms with Gasteiger partial charge in [0.2, 0.25) is 0 Å². The molecular weight excluding hydrogens is 302 g/mol. The van der Waals surface area contributed by atoms with Gasteiger partial charge in [-0.2, -0.15) is 5.10 Å². The molecule has 6 nitrogen and oxygen atoms in total. The minimum atomic E-state index is 0.399. The van der Waals surface area contributed by atoms with Crippen LogP contribution in [0.4, 0.5) is 0 Å². The molecule has 0 aliphatic carbocycles. The number of para-hydroxylation sites is 3. The highest BCUT2D eigenvalue weighted by atomic mass is 16.5. The zero-order valence-corrected chi connectivity index (χ0v) is 13.3. The Balaban J connectivity index is 1.68. The van der Waals surface area contributed by atoms with Gasteiger partial charge in [-0.15, -0.1) is 0 Å². The van der Waals surface area contributed by atoms with E-state index in [-0.39, 0.29) is 0 Å². The zero-order chi connectivity index (χ0) is 16.4. The van der Waals surface area contributed by atoms with E-state index >= 15 is 0 Å². The molecule has 120 valence electrons. The lowest BCUT2D eigenvalue weighted by Crippen LogP contribution is -2.11. The predicted molar refractivity (Wildman–Crippen MR) is 90.6 cm³/mol. The first-order chi connectivity index (χ1) is 11.8. The molecule has 0 bridgehead atoms. The molecule has 4 aromatic rings. The van der Waals surface area contributed by atoms with Crippen molar-refractivity contribution < 1.29 is 4.74 Å². The van der Waals surface area contributed by atoms with Crippen LogP contribution in [-0.4, -0.2) is 24.3 Å². The fourth-order valence-corrected chi connectivity index (χ4v) is 2.68. The van der Waals surface area contributed by atoms with Crippen LogP contribution in [0.5, 0.6) is 5.75 Å². The van der Waals surface area contributed by atoms with Crippen LogP contribution in [0.2, 0.25) is 0 Å². The number of hydrogen-bond donors (Lipinski definition) is 0. The van der Waals surface area contributed by atoms with Gasteiger partial charge in [0.15, 0.2) is 0 Å². The summed E-state index contributed by atoms with van der Waals surface area (Å²) in [6.07, 6.45) is 1.56. The van der Waals surface area contributed by atoms with Crippen LogP contribution in [-0.2, 0) is 20.2 Å². The summed E-state index contributed by atoms with van der Waals surface area (Å²) in [6, 6.07) is 17.8. The molecule has 2 aromatic carbocycles. The third-order valence-electron chi connectivity index (χ3n) is 3.95. The standard InChI is InChI=1S/C18H17N5O/c1-22-17(19-13-20-22)11-23-16-10-6-5-9-15(16)21-18(23)12-24-14-7-3-2-4-8-14/h2-10,13H,11-12H2,1H3. The van der Waals surface area contributed by atoms with Gasteiger partial charge in [0.05, 0.1) is 17.6 Å². The van der Waals surface area contributed by atoms with Crippen LogP contribution in [0, 0.1) is 0 Å². The number of hydrogen-bond acceptors (Lipinski definition) is 4. The molecule has 0 aliphatic rings. The van der Waals surface area contributed by atoms with Gasteiger partial charge in [0.1, 0.15) is 30.3 Å². The second-order valence-corrected chi connectivity index (χ2v) is 5.50. The van der Waals surface area contributed by atoms with Crippen molar-refractivity contribution in [3.05, 3.63) is 72.6 Å². The lowest BCUT2D eigenvalue weighted by Gasteiger charge is -2.10. The molecule has 0 saturated heterocycles. The number of ether oxygens (including phenoxy) is 1. The summed E-state index contributed by atoms with van der Waals surface area (Å²) in [5.41, 5.74) is 2.01. The van der Waals surface area contributed by atoms with Gasteiger partial charge in [0.25, 0.3) is 0 Å². The SMILES string of the molecule is Cn1ncnc1Cn1c(COc2ccccc2)nc2ccccc21. The first-order valence-corrected chi connectivity index (χ1v) is 7.76. The number of rotatable bonds is 5. The van der Waals surface area contributed by atoms with Crippen LogP contribution in [0.3, 0.4) is 0 Å². The van der Waals surface area contributed by atoms with Crippen LogP contribution in [0.15, 0.2) is 60.9 Å². The van der Waals surface area contributed by atoms with Crippen molar-refractivity contribution in [1.29, 1.82) is 0 Å². The van der Waals surface area contributed by atoms with Crippen molar-refractivity contribution in [2.75, 3.05) is 0 Å². The maximum Gasteiger partial charge on any atom is 0.148 e.